The summed E-state index contributed by atoms with van der Waals surface area (Å²) >= 11 is 0. The van der Waals surface area contributed by atoms with Gasteiger partial charge in [0, 0.05) is 18.8 Å². The Hall–Kier alpha value is -1.32. The molecule has 1 fully saturated rings. The standard InChI is InChI=1S/C15H22O4/c16-14-9-3-1-2-4-10-15(17)19-13-8-6-5-7-12(13)11-18-14/h1-2,12-13H,3-11H2/b2-1+/t12-,13+/m0/s1. The van der Waals surface area contributed by atoms with Crippen LogP contribution in [0.2, 0.25) is 0 Å². The molecule has 1 aliphatic heterocycles. The van der Waals surface area contributed by atoms with Crippen LogP contribution in [0.3, 0.4) is 0 Å². The van der Waals surface area contributed by atoms with E-state index in [9.17, 15) is 9.59 Å². The molecule has 0 unspecified atom stereocenters. The third-order valence-corrected chi connectivity index (χ3v) is 3.78. The number of rotatable bonds is 0. The Morgan fingerprint density at radius 3 is 2.42 bits per heavy atom. The zero-order valence-electron chi connectivity index (χ0n) is 11.3. The predicted octanol–water partition coefficient (Wildman–Crippen LogP) is 2.76. The first-order chi connectivity index (χ1) is 9.25. The van der Waals surface area contributed by atoms with Gasteiger partial charge in [0.05, 0.1) is 6.61 Å². The minimum absolute atomic E-state index is 0.0706. The molecular weight excluding hydrogens is 244 g/mol. The number of cyclic esters (lactones) is 1. The number of carbonyl (C=O) groups is 2. The Morgan fingerprint density at radius 1 is 0.947 bits per heavy atom. The molecule has 0 saturated heterocycles. The fourth-order valence-corrected chi connectivity index (χ4v) is 2.66. The molecule has 0 bridgehead atoms. The summed E-state index contributed by atoms with van der Waals surface area (Å²) in [5, 5.41) is 0. The van der Waals surface area contributed by atoms with E-state index >= 15 is 0 Å². The molecule has 0 radical (unpaired) electrons. The van der Waals surface area contributed by atoms with Crippen molar-refractivity contribution in [2.75, 3.05) is 6.61 Å². The maximum Gasteiger partial charge on any atom is 0.306 e. The quantitative estimate of drug-likeness (QED) is 0.499. The maximum absolute atomic E-state index is 11.7. The van der Waals surface area contributed by atoms with Crippen LogP contribution in [0.5, 0.6) is 0 Å². The summed E-state index contributed by atoms with van der Waals surface area (Å²) in [6.45, 7) is 0.389. The average Bonchev–Trinajstić information content (AvgIpc) is 2.42. The van der Waals surface area contributed by atoms with Crippen molar-refractivity contribution < 1.29 is 19.1 Å². The Morgan fingerprint density at radius 2 is 1.63 bits per heavy atom. The van der Waals surface area contributed by atoms with E-state index in [1.165, 1.54) is 0 Å². The Balaban J connectivity index is 1.98. The van der Waals surface area contributed by atoms with Gasteiger partial charge in [-0.15, -0.1) is 0 Å². The van der Waals surface area contributed by atoms with Crippen molar-refractivity contribution in [3.05, 3.63) is 12.2 Å². The zero-order chi connectivity index (χ0) is 13.5. The van der Waals surface area contributed by atoms with Crippen molar-refractivity contribution in [2.24, 2.45) is 5.92 Å². The first-order valence-electron chi connectivity index (χ1n) is 7.26. The van der Waals surface area contributed by atoms with E-state index in [1.807, 2.05) is 12.2 Å². The molecule has 19 heavy (non-hydrogen) atoms. The second-order valence-corrected chi connectivity index (χ2v) is 5.30. The van der Waals surface area contributed by atoms with Crippen molar-refractivity contribution in [1.29, 1.82) is 0 Å². The van der Waals surface area contributed by atoms with Crippen LogP contribution in [-0.2, 0) is 19.1 Å². The lowest BCUT2D eigenvalue weighted by Gasteiger charge is -2.30. The average molecular weight is 266 g/mol. The van der Waals surface area contributed by atoms with Gasteiger partial charge in [0.2, 0.25) is 0 Å². The molecule has 2 atom stereocenters. The molecule has 0 spiro atoms. The van der Waals surface area contributed by atoms with Crippen molar-refractivity contribution in [3.8, 4) is 0 Å². The van der Waals surface area contributed by atoms with Gasteiger partial charge in [-0.3, -0.25) is 9.59 Å². The van der Waals surface area contributed by atoms with Gasteiger partial charge in [0.25, 0.3) is 0 Å². The molecule has 0 N–H and O–H groups in total. The van der Waals surface area contributed by atoms with Crippen LogP contribution in [0.4, 0.5) is 0 Å². The van der Waals surface area contributed by atoms with E-state index in [2.05, 4.69) is 0 Å². The van der Waals surface area contributed by atoms with Gasteiger partial charge < -0.3 is 9.47 Å². The van der Waals surface area contributed by atoms with Gasteiger partial charge in [0.15, 0.2) is 0 Å². The van der Waals surface area contributed by atoms with Gasteiger partial charge in [0.1, 0.15) is 6.10 Å². The van der Waals surface area contributed by atoms with Crippen LogP contribution in [0.15, 0.2) is 12.2 Å². The van der Waals surface area contributed by atoms with Crippen molar-refractivity contribution in [1.82, 2.24) is 0 Å². The molecule has 0 amide bonds. The molecule has 2 aliphatic rings. The largest absolute Gasteiger partial charge is 0.465 e. The SMILES string of the molecule is O=C1CC/C=C/CCC(=O)O[C@@H]2CCCC[C@H]2CO1. The van der Waals surface area contributed by atoms with Crippen LogP contribution in [0, 0.1) is 5.92 Å². The summed E-state index contributed by atoms with van der Waals surface area (Å²) in [5.74, 6) is -0.109. The first kappa shape index (κ1) is 14.1. The summed E-state index contributed by atoms with van der Waals surface area (Å²) < 4.78 is 10.8. The molecule has 106 valence electrons. The molecule has 0 aromatic rings. The zero-order valence-corrected chi connectivity index (χ0v) is 11.3. The van der Waals surface area contributed by atoms with Crippen LogP contribution >= 0.6 is 0 Å². The fourth-order valence-electron chi connectivity index (χ4n) is 2.66. The minimum atomic E-state index is -0.153. The first-order valence-corrected chi connectivity index (χ1v) is 7.26. The van der Waals surface area contributed by atoms with E-state index < -0.39 is 0 Å². The van der Waals surface area contributed by atoms with Crippen LogP contribution < -0.4 is 0 Å². The summed E-state index contributed by atoms with van der Waals surface area (Å²) in [5.41, 5.74) is 0. The Labute approximate surface area is 114 Å². The van der Waals surface area contributed by atoms with E-state index in [0.717, 1.165) is 25.7 Å². The van der Waals surface area contributed by atoms with E-state index in [0.29, 0.717) is 32.3 Å². The van der Waals surface area contributed by atoms with Crippen molar-refractivity contribution in [3.63, 3.8) is 0 Å². The summed E-state index contributed by atoms with van der Waals surface area (Å²) in [7, 11) is 0. The normalized spacial score (nSPS) is 31.8. The number of carbonyl (C=O) groups excluding carboxylic acids is 2. The molecule has 1 aliphatic carbocycles. The third kappa shape index (κ3) is 4.69. The van der Waals surface area contributed by atoms with Crippen LogP contribution in [-0.4, -0.2) is 24.6 Å². The number of ether oxygens (including phenoxy) is 2. The number of hydrogen-bond acceptors (Lipinski definition) is 4. The number of fused-ring (bicyclic) bond motifs is 1. The second-order valence-electron chi connectivity index (χ2n) is 5.30. The van der Waals surface area contributed by atoms with Crippen LogP contribution in [0.1, 0.15) is 51.4 Å². The van der Waals surface area contributed by atoms with Gasteiger partial charge in [-0.25, -0.2) is 0 Å². The monoisotopic (exact) mass is 266 g/mol. The molecule has 4 nitrogen and oxygen atoms in total. The fraction of sp³-hybridized carbons (Fsp3) is 0.733. The highest BCUT2D eigenvalue weighted by molar-refractivity contribution is 5.70. The lowest BCUT2D eigenvalue weighted by Crippen LogP contribution is -2.33. The molecule has 4 heteroatoms. The smallest absolute Gasteiger partial charge is 0.306 e. The number of allylic oxidation sites excluding steroid dienone is 2. The van der Waals surface area contributed by atoms with E-state index in [4.69, 9.17) is 9.47 Å². The van der Waals surface area contributed by atoms with E-state index in [-0.39, 0.29) is 24.0 Å². The third-order valence-electron chi connectivity index (χ3n) is 3.78. The topological polar surface area (TPSA) is 52.6 Å². The molecule has 1 heterocycles. The summed E-state index contributed by atoms with van der Waals surface area (Å²) in [6.07, 6.45) is 10.1. The number of esters is 2. The lowest BCUT2D eigenvalue weighted by molar-refractivity contribution is -0.157. The van der Waals surface area contributed by atoms with E-state index in [1.54, 1.807) is 0 Å². The maximum atomic E-state index is 11.7. The lowest BCUT2D eigenvalue weighted by atomic mass is 9.87. The number of hydrogen-bond donors (Lipinski definition) is 0. The summed E-state index contributed by atoms with van der Waals surface area (Å²) in [4.78, 5) is 23.3. The molecule has 1 saturated carbocycles. The predicted molar refractivity (Wildman–Crippen MR) is 70.4 cm³/mol. The van der Waals surface area contributed by atoms with Crippen LogP contribution in [0.25, 0.3) is 0 Å². The van der Waals surface area contributed by atoms with Crippen molar-refractivity contribution in [2.45, 2.75) is 57.5 Å². The molecule has 0 aromatic carbocycles. The second kappa shape index (κ2) is 7.31. The molecule has 0 aromatic heterocycles. The highest BCUT2D eigenvalue weighted by Crippen LogP contribution is 2.28. The van der Waals surface area contributed by atoms with Crippen molar-refractivity contribution >= 4 is 11.9 Å². The van der Waals surface area contributed by atoms with Gasteiger partial charge in [-0.05, 0) is 32.1 Å². The Kier molecular flexibility index (Phi) is 5.43. The highest BCUT2D eigenvalue weighted by Gasteiger charge is 2.29. The van der Waals surface area contributed by atoms with Gasteiger partial charge in [-0.1, -0.05) is 18.6 Å². The highest BCUT2D eigenvalue weighted by atomic mass is 16.6. The minimum Gasteiger partial charge on any atom is -0.465 e. The van der Waals surface area contributed by atoms with Gasteiger partial charge >= 0.3 is 11.9 Å². The van der Waals surface area contributed by atoms with Gasteiger partial charge in [-0.2, -0.15) is 0 Å². The molecular formula is C15H22O4. The summed E-state index contributed by atoms with van der Waals surface area (Å²) in [6, 6.07) is 0. The molecule has 2 rings (SSSR count). The Bertz CT molecular complexity index is 348.